The standard InChI is InChI=1S/C14H21NO4/c1-10(15(2)8-7-13(16)17)14(18)11-5-4-6-12(9-11)19-3/h4-6,9-10,14,18H,7-8H2,1-3H3,(H,16,17). The fraction of sp³-hybridized carbons (Fsp3) is 0.500. The molecule has 1 aromatic carbocycles. The largest absolute Gasteiger partial charge is 0.497 e. The maximum atomic E-state index is 10.5. The van der Waals surface area contributed by atoms with Gasteiger partial charge in [0.2, 0.25) is 0 Å². The first kappa shape index (κ1) is 15.5. The number of carboxylic acid groups (broad SMARTS) is 1. The Labute approximate surface area is 113 Å². The predicted octanol–water partition coefficient (Wildman–Crippen LogP) is 1.52. The Morgan fingerprint density at radius 1 is 1.47 bits per heavy atom. The highest BCUT2D eigenvalue weighted by molar-refractivity contribution is 5.66. The molecule has 0 spiro atoms. The average Bonchev–Trinajstić information content (AvgIpc) is 2.43. The topological polar surface area (TPSA) is 70.0 Å². The third-order valence-electron chi connectivity index (χ3n) is 3.27. The summed E-state index contributed by atoms with van der Waals surface area (Å²) >= 11 is 0. The normalized spacial score (nSPS) is 14.2. The fourth-order valence-corrected chi connectivity index (χ4v) is 1.82. The van der Waals surface area contributed by atoms with Gasteiger partial charge in [-0.2, -0.15) is 0 Å². The van der Waals surface area contributed by atoms with E-state index in [2.05, 4.69) is 0 Å². The van der Waals surface area contributed by atoms with Crippen molar-refractivity contribution in [2.75, 3.05) is 20.7 Å². The molecule has 0 aromatic heterocycles. The SMILES string of the molecule is COc1cccc(C(O)C(C)N(C)CCC(=O)O)c1. The van der Waals surface area contributed by atoms with Crippen LogP contribution in [-0.2, 0) is 4.79 Å². The van der Waals surface area contributed by atoms with Gasteiger partial charge in [-0.25, -0.2) is 0 Å². The minimum atomic E-state index is -0.838. The van der Waals surface area contributed by atoms with E-state index in [1.54, 1.807) is 20.2 Å². The van der Waals surface area contributed by atoms with E-state index in [-0.39, 0.29) is 12.5 Å². The predicted molar refractivity (Wildman–Crippen MR) is 72.3 cm³/mol. The number of carbonyl (C=O) groups is 1. The lowest BCUT2D eigenvalue weighted by Gasteiger charge is -2.28. The lowest BCUT2D eigenvalue weighted by atomic mass is 10.0. The summed E-state index contributed by atoms with van der Waals surface area (Å²) in [5.41, 5.74) is 0.758. The van der Waals surface area contributed by atoms with Gasteiger partial charge in [0.15, 0.2) is 0 Å². The average molecular weight is 267 g/mol. The van der Waals surface area contributed by atoms with Crippen molar-refractivity contribution in [3.8, 4) is 5.75 Å². The highest BCUT2D eigenvalue weighted by atomic mass is 16.5. The van der Waals surface area contributed by atoms with E-state index >= 15 is 0 Å². The summed E-state index contributed by atoms with van der Waals surface area (Å²) in [6.07, 6.45) is -0.625. The van der Waals surface area contributed by atoms with E-state index in [9.17, 15) is 9.90 Å². The summed E-state index contributed by atoms with van der Waals surface area (Å²) in [6.45, 7) is 2.27. The summed E-state index contributed by atoms with van der Waals surface area (Å²) in [5, 5.41) is 19.0. The van der Waals surface area contributed by atoms with E-state index in [0.29, 0.717) is 12.3 Å². The number of methoxy groups -OCH3 is 1. The number of ether oxygens (including phenoxy) is 1. The van der Waals surface area contributed by atoms with Crippen LogP contribution >= 0.6 is 0 Å². The number of likely N-dealkylation sites (N-methyl/N-ethyl adjacent to an activating group) is 1. The van der Waals surface area contributed by atoms with E-state index < -0.39 is 12.1 Å². The molecule has 106 valence electrons. The van der Waals surface area contributed by atoms with Crippen LogP contribution in [0.1, 0.15) is 25.0 Å². The number of aliphatic hydroxyl groups excluding tert-OH is 1. The van der Waals surface area contributed by atoms with Crippen LogP contribution in [0.15, 0.2) is 24.3 Å². The van der Waals surface area contributed by atoms with Gasteiger partial charge in [0.05, 0.1) is 19.6 Å². The van der Waals surface area contributed by atoms with Crippen LogP contribution in [-0.4, -0.2) is 47.8 Å². The second-order valence-electron chi connectivity index (χ2n) is 4.59. The Hall–Kier alpha value is -1.59. The van der Waals surface area contributed by atoms with Crippen molar-refractivity contribution in [2.24, 2.45) is 0 Å². The van der Waals surface area contributed by atoms with Gasteiger partial charge in [0, 0.05) is 12.6 Å². The van der Waals surface area contributed by atoms with Gasteiger partial charge < -0.3 is 19.8 Å². The van der Waals surface area contributed by atoms with Gasteiger partial charge in [-0.15, -0.1) is 0 Å². The first-order valence-corrected chi connectivity index (χ1v) is 6.19. The van der Waals surface area contributed by atoms with Crippen LogP contribution in [0.4, 0.5) is 0 Å². The molecule has 1 rings (SSSR count). The smallest absolute Gasteiger partial charge is 0.304 e. The molecule has 5 heteroatoms. The van der Waals surface area contributed by atoms with Crippen LogP contribution in [0.25, 0.3) is 0 Å². The van der Waals surface area contributed by atoms with Crippen LogP contribution in [0.5, 0.6) is 5.75 Å². The Morgan fingerprint density at radius 2 is 2.16 bits per heavy atom. The molecule has 0 saturated carbocycles. The Morgan fingerprint density at radius 3 is 2.74 bits per heavy atom. The second kappa shape index (κ2) is 7.11. The minimum Gasteiger partial charge on any atom is -0.497 e. The van der Waals surface area contributed by atoms with E-state index in [0.717, 1.165) is 5.56 Å². The van der Waals surface area contributed by atoms with Crippen molar-refractivity contribution in [1.82, 2.24) is 4.90 Å². The van der Waals surface area contributed by atoms with Gasteiger partial charge in [0.1, 0.15) is 5.75 Å². The van der Waals surface area contributed by atoms with E-state index in [1.807, 2.05) is 30.0 Å². The lowest BCUT2D eigenvalue weighted by molar-refractivity contribution is -0.137. The molecule has 19 heavy (non-hydrogen) atoms. The van der Waals surface area contributed by atoms with Crippen LogP contribution < -0.4 is 4.74 Å². The number of rotatable bonds is 7. The number of aliphatic carboxylic acids is 1. The summed E-state index contributed by atoms with van der Waals surface area (Å²) in [6, 6.07) is 7.07. The first-order valence-electron chi connectivity index (χ1n) is 6.19. The molecule has 2 unspecified atom stereocenters. The quantitative estimate of drug-likeness (QED) is 0.784. The molecule has 2 N–H and O–H groups in total. The fourth-order valence-electron chi connectivity index (χ4n) is 1.82. The van der Waals surface area contributed by atoms with Crippen LogP contribution in [0.2, 0.25) is 0 Å². The van der Waals surface area contributed by atoms with Gasteiger partial charge in [0.25, 0.3) is 0 Å². The second-order valence-corrected chi connectivity index (χ2v) is 4.59. The molecule has 0 amide bonds. The number of nitrogens with zero attached hydrogens (tertiary/aromatic N) is 1. The molecule has 1 aromatic rings. The third-order valence-corrected chi connectivity index (χ3v) is 3.27. The summed E-state index contributed by atoms with van der Waals surface area (Å²) in [5.74, 6) is -0.146. The molecule has 5 nitrogen and oxygen atoms in total. The Kier molecular flexibility index (Phi) is 5.79. The van der Waals surface area contributed by atoms with Crippen molar-refractivity contribution in [2.45, 2.75) is 25.5 Å². The maximum absolute atomic E-state index is 10.5. The van der Waals surface area contributed by atoms with E-state index in [4.69, 9.17) is 9.84 Å². The number of carboxylic acids is 1. The molecular weight excluding hydrogens is 246 g/mol. The lowest BCUT2D eigenvalue weighted by Crippen LogP contribution is -2.35. The zero-order valence-corrected chi connectivity index (χ0v) is 11.5. The maximum Gasteiger partial charge on any atom is 0.304 e. The molecule has 0 radical (unpaired) electrons. The highest BCUT2D eigenvalue weighted by Crippen LogP contribution is 2.23. The number of aliphatic hydroxyl groups is 1. The molecule has 2 atom stereocenters. The monoisotopic (exact) mass is 267 g/mol. The van der Waals surface area contributed by atoms with Crippen LogP contribution in [0.3, 0.4) is 0 Å². The van der Waals surface area contributed by atoms with Crippen molar-refractivity contribution < 1.29 is 19.7 Å². The Bertz CT molecular complexity index is 422. The van der Waals surface area contributed by atoms with Crippen molar-refractivity contribution in [1.29, 1.82) is 0 Å². The van der Waals surface area contributed by atoms with Crippen molar-refractivity contribution >= 4 is 5.97 Å². The van der Waals surface area contributed by atoms with Gasteiger partial charge in [-0.1, -0.05) is 12.1 Å². The Balaban J connectivity index is 2.69. The molecule has 0 bridgehead atoms. The summed E-state index contributed by atoms with van der Waals surface area (Å²) in [4.78, 5) is 12.4. The van der Waals surface area contributed by atoms with Gasteiger partial charge in [-0.3, -0.25) is 4.79 Å². The number of hydrogen-bond donors (Lipinski definition) is 2. The van der Waals surface area contributed by atoms with Crippen LogP contribution in [0, 0.1) is 0 Å². The third kappa shape index (κ3) is 4.54. The molecule has 0 fully saturated rings. The number of benzene rings is 1. The van der Waals surface area contributed by atoms with Gasteiger partial charge in [-0.05, 0) is 31.7 Å². The van der Waals surface area contributed by atoms with E-state index in [1.165, 1.54) is 0 Å². The molecule has 0 saturated heterocycles. The first-order chi connectivity index (χ1) is 8.95. The molecule has 0 aliphatic rings. The summed E-state index contributed by atoms with van der Waals surface area (Å²) < 4.78 is 5.12. The zero-order valence-electron chi connectivity index (χ0n) is 11.5. The molecule has 0 aliphatic heterocycles. The van der Waals surface area contributed by atoms with Crippen molar-refractivity contribution in [3.05, 3.63) is 29.8 Å². The zero-order chi connectivity index (χ0) is 14.4. The molecule has 0 aliphatic carbocycles. The minimum absolute atomic E-state index is 0.0612. The molecular formula is C14H21NO4. The van der Waals surface area contributed by atoms with Crippen molar-refractivity contribution in [3.63, 3.8) is 0 Å². The number of hydrogen-bond acceptors (Lipinski definition) is 4. The highest BCUT2D eigenvalue weighted by Gasteiger charge is 2.21. The van der Waals surface area contributed by atoms with Gasteiger partial charge >= 0.3 is 5.97 Å². The molecule has 0 heterocycles. The summed E-state index contributed by atoms with van der Waals surface area (Å²) in [7, 11) is 3.38.